The molecule has 5 nitrogen and oxygen atoms in total. The number of aryl methyl sites for hydroxylation is 1. The number of amides is 1. The third kappa shape index (κ3) is 4.32. The summed E-state index contributed by atoms with van der Waals surface area (Å²) in [6.45, 7) is 6.23. The van der Waals surface area contributed by atoms with E-state index in [4.69, 9.17) is 0 Å². The Morgan fingerprint density at radius 1 is 1.17 bits per heavy atom. The number of fused-ring (bicyclic) bond motifs is 1. The van der Waals surface area contributed by atoms with Crippen molar-refractivity contribution < 1.29 is 13.2 Å². The smallest absolute Gasteiger partial charge is 0.252 e. The number of anilines is 1. The third-order valence-electron chi connectivity index (χ3n) is 5.54. The topological polar surface area (TPSA) is 66.8 Å². The summed E-state index contributed by atoms with van der Waals surface area (Å²) in [4.78, 5) is 19.2. The number of amidine groups is 1. The molecule has 0 bridgehead atoms. The molecule has 158 valence electrons. The molecule has 4 rings (SSSR count). The van der Waals surface area contributed by atoms with Gasteiger partial charge in [0.1, 0.15) is 0 Å². The Morgan fingerprint density at radius 2 is 1.93 bits per heavy atom. The van der Waals surface area contributed by atoms with E-state index in [2.05, 4.69) is 24.9 Å². The molecule has 2 aromatic carbocycles. The van der Waals surface area contributed by atoms with Crippen LogP contribution in [0.25, 0.3) is 0 Å². The van der Waals surface area contributed by atoms with Gasteiger partial charge in [-0.15, -0.1) is 0 Å². The van der Waals surface area contributed by atoms with Gasteiger partial charge in [0.25, 0.3) is 5.91 Å². The van der Waals surface area contributed by atoms with Crippen molar-refractivity contribution in [1.29, 1.82) is 0 Å². The monoisotopic (exact) mass is 442 g/mol. The molecule has 0 aromatic heterocycles. The van der Waals surface area contributed by atoms with Gasteiger partial charge < -0.3 is 4.90 Å². The summed E-state index contributed by atoms with van der Waals surface area (Å²) in [6.07, 6.45) is 0.235. The van der Waals surface area contributed by atoms with Crippen molar-refractivity contribution in [2.24, 2.45) is 4.99 Å². The first-order valence-electron chi connectivity index (χ1n) is 10.2. The van der Waals surface area contributed by atoms with Crippen LogP contribution in [0.15, 0.2) is 53.5 Å². The maximum atomic E-state index is 12.8. The predicted molar refractivity (Wildman–Crippen MR) is 124 cm³/mol. The minimum Gasteiger partial charge on any atom is -0.315 e. The zero-order valence-corrected chi connectivity index (χ0v) is 19.0. The van der Waals surface area contributed by atoms with Crippen molar-refractivity contribution in [1.82, 2.24) is 0 Å². The number of sulfone groups is 1. The summed E-state index contributed by atoms with van der Waals surface area (Å²) in [7, 11) is -3.09. The molecule has 2 aliphatic rings. The summed E-state index contributed by atoms with van der Waals surface area (Å²) in [5, 5.41) is 0.520. The molecule has 30 heavy (non-hydrogen) atoms. The lowest BCUT2D eigenvalue weighted by Crippen LogP contribution is -2.38. The second kappa shape index (κ2) is 8.19. The summed E-state index contributed by atoms with van der Waals surface area (Å²) < 4.78 is 24.6. The summed E-state index contributed by atoms with van der Waals surface area (Å²) in [6, 6.07) is 15.7. The molecule has 0 N–H and O–H groups in total. The highest BCUT2D eigenvalue weighted by Crippen LogP contribution is 2.43. The molecule has 0 spiro atoms. The number of carbonyl (C=O) groups excluding carboxylic acids is 1. The van der Waals surface area contributed by atoms with Crippen LogP contribution in [0.5, 0.6) is 0 Å². The van der Waals surface area contributed by atoms with Gasteiger partial charge in [-0.25, -0.2) is 8.42 Å². The van der Waals surface area contributed by atoms with E-state index in [1.54, 1.807) is 0 Å². The van der Waals surface area contributed by atoms with E-state index in [1.165, 1.54) is 11.8 Å². The van der Waals surface area contributed by atoms with E-state index in [9.17, 15) is 13.2 Å². The summed E-state index contributed by atoms with van der Waals surface area (Å²) in [5.41, 5.74) is 4.12. The predicted octanol–water partition coefficient (Wildman–Crippen LogP) is 3.96. The average Bonchev–Trinajstić information content (AvgIpc) is 3.12. The number of para-hydroxylation sites is 1. The number of thioether (sulfide) groups is 1. The molecule has 0 aliphatic carbocycles. The van der Waals surface area contributed by atoms with Crippen LogP contribution in [0.4, 0.5) is 5.69 Å². The average molecular weight is 443 g/mol. The molecular weight excluding hydrogens is 416 g/mol. The Labute approximate surface area is 182 Å². The van der Waals surface area contributed by atoms with Crippen LogP contribution in [0.3, 0.4) is 0 Å². The van der Waals surface area contributed by atoms with Gasteiger partial charge in [0.15, 0.2) is 15.0 Å². The highest BCUT2D eigenvalue weighted by atomic mass is 32.2. The minimum atomic E-state index is -3.09. The Hall–Kier alpha value is -2.12. The number of aliphatic imine (C=N–C) groups is 1. The van der Waals surface area contributed by atoms with Crippen LogP contribution in [-0.4, -0.2) is 42.3 Å². The maximum Gasteiger partial charge on any atom is 0.252 e. The van der Waals surface area contributed by atoms with Gasteiger partial charge in [-0.1, -0.05) is 73.6 Å². The number of carbonyl (C=O) groups is 1. The van der Waals surface area contributed by atoms with Crippen molar-refractivity contribution in [2.45, 2.75) is 44.4 Å². The highest BCUT2D eigenvalue weighted by molar-refractivity contribution is 8.16. The number of hydrogen-bond donors (Lipinski definition) is 0. The zero-order chi connectivity index (χ0) is 21.5. The SMILES string of the molecule is Cc1cccc(CC(=O)N=C2S[C@@H]3CS(=O)(=O)C[C@@H]3N2c2ccccc2C(C)C)c1. The first-order chi connectivity index (χ1) is 14.2. The molecule has 2 saturated heterocycles. The van der Waals surface area contributed by atoms with Gasteiger partial charge in [0, 0.05) is 10.9 Å². The molecule has 1 amide bonds. The van der Waals surface area contributed by atoms with Crippen LogP contribution in [0.2, 0.25) is 0 Å². The standard InChI is InChI=1S/C23H26N2O3S2/c1-15(2)18-9-4-5-10-19(18)25-20-13-30(27,28)14-21(20)29-23(25)24-22(26)12-17-8-6-7-16(3)11-17/h4-11,15,20-21H,12-14H2,1-3H3/t20-,21+/m0/s1. The molecule has 0 radical (unpaired) electrons. The molecule has 2 aliphatic heterocycles. The summed E-state index contributed by atoms with van der Waals surface area (Å²) >= 11 is 1.42. The van der Waals surface area contributed by atoms with Crippen molar-refractivity contribution in [3.05, 3.63) is 65.2 Å². The van der Waals surface area contributed by atoms with Crippen molar-refractivity contribution in [2.75, 3.05) is 16.4 Å². The lowest BCUT2D eigenvalue weighted by molar-refractivity contribution is -0.117. The first kappa shape index (κ1) is 21.1. The number of nitrogens with zero attached hydrogens (tertiary/aromatic N) is 2. The van der Waals surface area contributed by atoms with Crippen LogP contribution in [0, 0.1) is 6.92 Å². The van der Waals surface area contributed by atoms with Gasteiger partial charge in [0.05, 0.1) is 24.0 Å². The van der Waals surface area contributed by atoms with Gasteiger partial charge >= 0.3 is 0 Å². The lowest BCUT2D eigenvalue weighted by atomic mass is 9.99. The highest BCUT2D eigenvalue weighted by Gasteiger charge is 2.49. The fourth-order valence-electron chi connectivity index (χ4n) is 4.18. The molecule has 2 atom stereocenters. The molecule has 7 heteroatoms. The molecule has 0 saturated carbocycles. The normalized spacial score (nSPS) is 23.9. The Balaban J connectivity index is 1.70. The van der Waals surface area contributed by atoms with Gasteiger partial charge in [-0.3, -0.25) is 4.79 Å². The van der Waals surface area contributed by atoms with Crippen LogP contribution >= 0.6 is 11.8 Å². The van der Waals surface area contributed by atoms with E-state index in [1.807, 2.05) is 54.3 Å². The molecule has 0 unspecified atom stereocenters. The second-order valence-electron chi connectivity index (χ2n) is 8.34. The Morgan fingerprint density at radius 3 is 2.67 bits per heavy atom. The van der Waals surface area contributed by atoms with Crippen LogP contribution in [0.1, 0.15) is 36.5 Å². The largest absolute Gasteiger partial charge is 0.315 e. The number of hydrogen-bond acceptors (Lipinski definition) is 4. The maximum absolute atomic E-state index is 12.8. The van der Waals surface area contributed by atoms with Crippen molar-refractivity contribution >= 4 is 38.4 Å². The van der Waals surface area contributed by atoms with Crippen LogP contribution in [-0.2, 0) is 21.1 Å². The van der Waals surface area contributed by atoms with Gasteiger partial charge in [0.2, 0.25) is 0 Å². The fourth-order valence-corrected chi connectivity index (χ4v) is 8.11. The molecule has 2 fully saturated rings. The summed E-state index contributed by atoms with van der Waals surface area (Å²) in [5.74, 6) is 0.293. The third-order valence-corrected chi connectivity index (χ3v) is 8.75. The molecule has 2 aromatic rings. The van der Waals surface area contributed by atoms with E-state index in [-0.39, 0.29) is 41.0 Å². The van der Waals surface area contributed by atoms with Crippen molar-refractivity contribution in [3.8, 4) is 0 Å². The molecular formula is C23H26N2O3S2. The Bertz CT molecular complexity index is 1110. The Kier molecular flexibility index (Phi) is 5.77. The van der Waals surface area contributed by atoms with Gasteiger partial charge in [-0.2, -0.15) is 4.99 Å². The van der Waals surface area contributed by atoms with Crippen LogP contribution < -0.4 is 4.90 Å². The lowest BCUT2D eigenvalue weighted by Gasteiger charge is -2.28. The van der Waals surface area contributed by atoms with Gasteiger partial charge in [-0.05, 0) is 30.0 Å². The van der Waals surface area contributed by atoms with E-state index >= 15 is 0 Å². The zero-order valence-electron chi connectivity index (χ0n) is 17.4. The second-order valence-corrected chi connectivity index (χ2v) is 11.7. The first-order valence-corrected chi connectivity index (χ1v) is 12.9. The van der Waals surface area contributed by atoms with Crippen molar-refractivity contribution in [3.63, 3.8) is 0 Å². The number of rotatable bonds is 4. The van der Waals surface area contributed by atoms with E-state index in [0.717, 1.165) is 22.4 Å². The fraction of sp³-hybridized carbons (Fsp3) is 0.391. The van der Waals surface area contributed by atoms with E-state index in [0.29, 0.717) is 5.17 Å². The molecule has 2 heterocycles. The number of benzene rings is 2. The minimum absolute atomic E-state index is 0.0965. The van der Waals surface area contributed by atoms with E-state index < -0.39 is 9.84 Å². The quantitative estimate of drug-likeness (QED) is 0.717.